The van der Waals surface area contributed by atoms with E-state index >= 15 is 0 Å². The van der Waals surface area contributed by atoms with E-state index in [1.54, 1.807) is 21.9 Å². The fourth-order valence-electron chi connectivity index (χ4n) is 4.85. The van der Waals surface area contributed by atoms with Crippen molar-refractivity contribution >= 4 is 23.4 Å². The summed E-state index contributed by atoms with van der Waals surface area (Å²) in [7, 11) is 0. The number of nitrogens with zero attached hydrogens (tertiary/aromatic N) is 2. The zero-order valence-electron chi connectivity index (χ0n) is 19.2. The van der Waals surface area contributed by atoms with Crippen LogP contribution in [0.15, 0.2) is 72.8 Å². The summed E-state index contributed by atoms with van der Waals surface area (Å²) < 4.78 is 0. The van der Waals surface area contributed by atoms with E-state index in [2.05, 4.69) is 5.32 Å². The quantitative estimate of drug-likeness (QED) is 0.633. The molecule has 1 saturated heterocycles. The van der Waals surface area contributed by atoms with Crippen molar-refractivity contribution in [3.8, 4) is 0 Å². The molecule has 0 radical (unpaired) electrons. The van der Waals surface area contributed by atoms with E-state index in [9.17, 15) is 14.4 Å². The third-order valence-corrected chi connectivity index (χ3v) is 6.72. The Morgan fingerprint density at radius 3 is 2.65 bits per heavy atom. The number of fused-ring (bicyclic) bond motifs is 2. The lowest BCUT2D eigenvalue weighted by molar-refractivity contribution is -0.122. The highest BCUT2D eigenvalue weighted by molar-refractivity contribution is 6.11. The van der Waals surface area contributed by atoms with Crippen LogP contribution in [0.25, 0.3) is 0 Å². The number of para-hydroxylation sites is 1. The van der Waals surface area contributed by atoms with Gasteiger partial charge in [-0.15, -0.1) is 0 Å². The van der Waals surface area contributed by atoms with Gasteiger partial charge in [-0.1, -0.05) is 48.5 Å². The minimum absolute atomic E-state index is 0.0646. The summed E-state index contributed by atoms with van der Waals surface area (Å²) in [4.78, 5) is 42.9. The molecule has 2 heterocycles. The van der Waals surface area contributed by atoms with Crippen LogP contribution in [0.2, 0.25) is 0 Å². The van der Waals surface area contributed by atoms with Crippen LogP contribution in [0, 0.1) is 6.92 Å². The smallest absolute Gasteiger partial charge is 0.256 e. The van der Waals surface area contributed by atoms with Crippen LogP contribution in [0.4, 0.5) is 5.69 Å². The number of carbonyl (C=O) groups is 3. The topological polar surface area (TPSA) is 69.7 Å². The van der Waals surface area contributed by atoms with Gasteiger partial charge in [0.05, 0.1) is 17.8 Å². The summed E-state index contributed by atoms with van der Waals surface area (Å²) in [5.41, 5.74) is 4.76. The van der Waals surface area contributed by atoms with Gasteiger partial charge in [-0.25, -0.2) is 0 Å². The lowest BCUT2D eigenvalue weighted by atomic mass is 10.1. The van der Waals surface area contributed by atoms with Crippen LogP contribution in [0.1, 0.15) is 50.2 Å². The standard InChI is InChI=1S/C28H27N3O3/c1-19-8-2-3-10-22(19)17-29-26(32)21-11-6-9-20(16-21)18-31-24-13-5-4-12-23(24)27(33)30-15-7-14-25(30)28(31)34/h2-6,8-13,16,25H,7,14-15,17-18H2,1H3,(H,29,32). The maximum atomic E-state index is 13.5. The van der Waals surface area contributed by atoms with Crippen molar-refractivity contribution in [1.29, 1.82) is 0 Å². The first-order valence-corrected chi connectivity index (χ1v) is 11.7. The Balaban J connectivity index is 1.39. The van der Waals surface area contributed by atoms with Crippen LogP contribution in [0.5, 0.6) is 0 Å². The number of aryl methyl sites for hydroxylation is 1. The molecular formula is C28H27N3O3. The van der Waals surface area contributed by atoms with Crippen molar-refractivity contribution in [2.75, 3.05) is 11.4 Å². The number of hydrogen-bond donors (Lipinski definition) is 1. The molecular weight excluding hydrogens is 426 g/mol. The second-order valence-electron chi connectivity index (χ2n) is 8.91. The van der Waals surface area contributed by atoms with Crippen molar-refractivity contribution in [2.24, 2.45) is 0 Å². The molecule has 0 saturated carbocycles. The lowest BCUT2D eigenvalue weighted by Crippen LogP contribution is -2.44. The van der Waals surface area contributed by atoms with Gasteiger partial charge in [0, 0.05) is 18.7 Å². The van der Waals surface area contributed by atoms with Crippen LogP contribution in [-0.2, 0) is 17.9 Å². The summed E-state index contributed by atoms with van der Waals surface area (Å²) in [6, 6.07) is 22.2. The molecule has 2 aliphatic rings. The third-order valence-electron chi connectivity index (χ3n) is 6.72. The summed E-state index contributed by atoms with van der Waals surface area (Å²) in [6.45, 7) is 3.38. The van der Waals surface area contributed by atoms with Gasteiger partial charge in [-0.05, 0) is 60.7 Å². The van der Waals surface area contributed by atoms with Crippen LogP contribution >= 0.6 is 0 Å². The lowest BCUT2D eigenvalue weighted by Gasteiger charge is -2.26. The molecule has 1 fully saturated rings. The number of carbonyl (C=O) groups excluding carboxylic acids is 3. The first-order chi connectivity index (χ1) is 16.5. The summed E-state index contributed by atoms with van der Waals surface area (Å²) in [6.07, 6.45) is 1.51. The van der Waals surface area contributed by atoms with Gasteiger partial charge in [-0.2, -0.15) is 0 Å². The maximum Gasteiger partial charge on any atom is 0.256 e. The normalized spacial score (nSPS) is 17.3. The second-order valence-corrected chi connectivity index (χ2v) is 8.91. The molecule has 2 aliphatic heterocycles. The summed E-state index contributed by atoms with van der Waals surface area (Å²) in [5.74, 6) is -0.312. The van der Waals surface area contributed by atoms with Crippen molar-refractivity contribution in [1.82, 2.24) is 10.2 Å². The molecule has 1 atom stereocenters. The summed E-state index contributed by atoms with van der Waals surface area (Å²) in [5, 5.41) is 2.99. The number of rotatable bonds is 5. The first-order valence-electron chi connectivity index (χ1n) is 11.7. The highest BCUT2D eigenvalue weighted by Gasteiger charge is 2.41. The molecule has 0 bridgehead atoms. The fourth-order valence-corrected chi connectivity index (χ4v) is 4.85. The van der Waals surface area contributed by atoms with E-state index < -0.39 is 6.04 Å². The van der Waals surface area contributed by atoms with E-state index in [0.717, 1.165) is 23.1 Å². The molecule has 3 aromatic carbocycles. The Bertz CT molecular complexity index is 1270. The number of anilines is 1. The molecule has 6 nitrogen and oxygen atoms in total. The van der Waals surface area contributed by atoms with Crippen molar-refractivity contribution in [3.63, 3.8) is 0 Å². The van der Waals surface area contributed by atoms with E-state index in [1.807, 2.05) is 67.6 Å². The fraction of sp³-hybridized carbons (Fsp3) is 0.250. The predicted molar refractivity (Wildman–Crippen MR) is 130 cm³/mol. The van der Waals surface area contributed by atoms with Gasteiger partial charge >= 0.3 is 0 Å². The van der Waals surface area contributed by atoms with Gasteiger partial charge < -0.3 is 15.1 Å². The van der Waals surface area contributed by atoms with Gasteiger partial charge in [0.25, 0.3) is 11.8 Å². The number of nitrogens with one attached hydrogen (secondary N) is 1. The predicted octanol–water partition coefficient (Wildman–Crippen LogP) is 4.08. The molecule has 0 aliphatic carbocycles. The second kappa shape index (κ2) is 9.14. The van der Waals surface area contributed by atoms with Gasteiger partial charge in [0.15, 0.2) is 0 Å². The number of benzene rings is 3. The summed E-state index contributed by atoms with van der Waals surface area (Å²) >= 11 is 0. The molecule has 3 amide bonds. The Hall–Kier alpha value is -3.93. The first kappa shape index (κ1) is 21.9. The van der Waals surface area contributed by atoms with Crippen molar-refractivity contribution < 1.29 is 14.4 Å². The van der Waals surface area contributed by atoms with Gasteiger partial charge in [0.1, 0.15) is 6.04 Å². The average Bonchev–Trinajstić information content (AvgIpc) is 3.33. The van der Waals surface area contributed by atoms with E-state index in [1.165, 1.54) is 0 Å². The minimum atomic E-state index is -0.430. The Morgan fingerprint density at radius 2 is 1.79 bits per heavy atom. The van der Waals surface area contributed by atoms with Crippen molar-refractivity contribution in [2.45, 2.75) is 38.9 Å². The number of amides is 3. The van der Waals surface area contributed by atoms with E-state index in [0.29, 0.717) is 42.9 Å². The maximum absolute atomic E-state index is 13.5. The highest BCUT2D eigenvalue weighted by atomic mass is 16.2. The van der Waals surface area contributed by atoms with Crippen molar-refractivity contribution in [3.05, 3.63) is 101 Å². The Labute approximate surface area is 199 Å². The van der Waals surface area contributed by atoms with Crippen LogP contribution < -0.4 is 10.2 Å². The molecule has 172 valence electrons. The Morgan fingerprint density at radius 1 is 1.00 bits per heavy atom. The highest BCUT2D eigenvalue weighted by Crippen LogP contribution is 2.33. The third kappa shape index (κ3) is 4.07. The SMILES string of the molecule is Cc1ccccc1CNC(=O)c1cccc(CN2C(=O)C3CCCN3C(=O)c3ccccc32)c1. The number of hydrogen-bond acceptors (Lipinski definition) is 3. The molecule has 6 heteroatoms. The van der Waals surface area contributed by atoms with E-state index in [4.69, 9.17) is 0 Å². The molecule has 0 aromatic heterocycles. The minimum Gasteiger partial charge on any atom is -0.348 e. The molecule has 3 aromatic rings. The monoisotopic (exact) mass is 453 g/mol. The zero-order valence-corrected chi connectivity index (χ0v) is 19.2. The molecule has 0 spiro atoms. The van der Waals surface area contributed by atoms with Gasteiger partial charge in [-0.3, -0.25) is 14.4 Å². The molecule has 1 unspecified atom stereocenters. The Kier molecular flexibility index (Phi) is 5.88. The average molecular weight is 454 g/mol. The van der Waals surface area contributed by atoms with E-state index in [-0.39, 0.29) is 17.7 Å². The molecule has 5 rings (SSSR count). The van der Waals surface area contributed by atoms with Gasteiger partial charge in [0.2, 0.25) is 5.91 Å². The largest absolute Gasteiger partial charge is 0.348 e. The molecule has 1 N–H and O–H groups in total. The van der Waals surface area contributed by atoms with Crippen LogP contribution in [0.3, 0.4) is 0 Å². The molecule has 34 heavy (non-hydrogen) atoms. The van der Waals surface area contributed by atoms with Crippen LogP contribution in [-0.4, -0.2) is 35.2 Å². The zero-order chi connectivity index (χ0) is 23.7.